The van der Waals surface area contributed by atoms with E-state index in [-0.39, 0.29) is 17.8 Å². The Morgan fingerprint density at radius 2 is 2.22 bits per heavy atom. The van der Waals surface area contributed by atoms with Gasteiger partial charge in [-0.05, 0) is 54.0 Å². The van der Waals surface area contributed by atoms with E-state index in [2.05, 4.69) is 10.1 Å². The Bertz CT molecular complexity index is 452. The zero-order chi connectivity index (χ0) is 13.0. The van der Waals surface area contributed by atoms with Gasteiger partial charge in [0.15, 0.2) is 0 Å². The lowest BCUT2D eigenvalue weighted by Gasteiger charge is -2.15. The van der Waals surface area contributed by atoms with Crippen molar-refractivity contribution in [3.05, 3.63) is 22.4 Å². The Morgan fingerprint density at radius 3 is 2.78 bits per heavy atom. The van der Waals surface area contributed by atoms with Gasteiger partial charge in [-0.25, -0.2) is 13.1 Å². The molecular formula is C12H19NO3S2. The highest BCUT2D eigenvalue weighted by atomic mass is 32.2. The van der Waals surface area contributed by atoms with Crippen LogP contribution in [0.1, 0.15) is 37.2 Å². The van der Waals surface area contributed by atoms with E-state index in [0.29, 0.717) is 13.0 Å². The molecular weight excluding hydrogens is 270 g/mol. The van der Waals surface area contributed by atoms with Gasteiger partial charge in [0.25, 0.3) is 0 Å². The average Bonchev–Trinajstić information content (AvgIpc) is 3.06. The monoisotopic (exact) mass is 289 g/mol. The van der Waals surface area contributed by atoms with Crippen molar-refractivity contribution >= 4 is 21.4 Å². The van der Waals surface area contributed by atoms with Crippen LogP contribution in [-0.4, -0.2) is 31.9 Å². The fourth-order valence-corrected chi connectivity index (χ4v) is 4.15. The molecule has 4 nitrogen and oxygen atoms in total. The van der Waals surface area contributed by atoms with Crippen LogP contribution in [0, 0.1) is 0 Å². The predicted molar refractivity (Wildman–Crippen MR) is 73.3 cm³/mol. The van der Waals surface area contributed by atoms with Gasteiger partial charge in [0.1, 0.15) is 0 Å². The van der Waals surface area contributed by atoms with Gasteiger partial charge < -0.3 is 5.11 Å². The Labute approximate surface area is 112 Å². The van der Waals surface area contributed by atoms with E-state index in [0.717, 1.165) is 19.3 Å². The van der Waals surface area contributed by atoms with Crippen molar-refractivity contribution < 1.29 is 13.5 Å². The van der Waals surface area contributed by atoms with Gasteiger partial charge in [0.05, 0.1) is 5.25 Å². The molecule has 1 aromatic heterocycles. The molecule has 1 aliphatic rings. The average molecular weight is 289 g/mol. The first-order valence-corrected chi connectivity index (χ1v) is 8.74. The molecule has 6 heteroatoms. The topological polar surface area (TPSA) is 66.4 Å². The second-order valence-electron chi connectivity index (χ2n) is 4.69. The molecule has 1 aliphatic carbocycles. The summed E-state index contributed by atoms with van der Waals surface area (Å²) in [7, 11) is -3.08. The van der Waals surface area contributed by atoms with Gasteiger partial charge in [-0.3, -0.25) is 0 Å². The zero-order valence-corrected chi connectivity index (χ0v) is 11.8. The van der Waals surface area contributed by atoms with Gasteiger partial charge in [0.2, 0.25) is 10.0 Å². The number of hydrogen-bond donors (Lipinski definition) is 2. The fourth-order valence-electron chi connectivity index (χ4n) is 2.01. The van der Waals surface area contributed by atoms with E-state index in [9.17, 15) is 8.42 Å². The van der Waals surface area contributed by atoms with Crippen LogP contribution in [0.25, 0.3) is 0 Å². The molecule has 1 unspecified atom stereocenters. The number of rotatable bonds is 8. The molecule has 0 saturated heterocycles. The number of sulfonamides is 1. The van der Waals surface area contributed by atoms with Crippen LogP contribution in [0.2, 0.25) is 0 Å². The van der Waals surface area contributed by atoms with Crippen molar-refractivity contribution in [2.75, 3.05) is 13.2 Å². The summed E-state index contributed by atoms with van der Waals surface area (Å²) in [5.41, 5.74) is 1.19. The van der Waals surface area contributed by atoms with E-state index in [1.807, 2.05) is 11.4 Å². The van der Waals surface area contributed by atoms with Crippen LogP contribution in [0.15, 0.2) is 16.8 Å². The maximum absolute atomic E-state index is 11.7. The normalized spacial score (nSPS) is 17.8. The van der Waals surface area contributed by atoms with Crippen LogP contribution < -0.4 is 4.72 Å². The number of nitrogens with one attached hydrogen (secondary N) is 1. The molecule has 1 aromatic rings. The first-order valence-electron chi connectivity index (χ1n) is 6.25. The molecule has 1 saturated carbocycles. The quantitative estimate of drug-likeness (QED) is 0.765. The van der Waals surface area contributed by atoms with Gasteiger partial charge >= 0.3 is 0 Å². The number of hydrogen-bond acceptors (Lipinski definition) is 4. The molecule has 0 bridgehead atoms. The van der Waals surface area contributed by atoms with Crippen molar-refractivity contribution in [1.29, 1.82) is 0 Å². The van der Waals surface area contributed by atoms with Crippen molar-refractivity contribution in [3.8, 4) is 0 Å². The molecule has 1 atom stereocenters. The lowest BCUT2D eigenvalue weighted by molar-refractivity contribution is 0.273. The maximum Gasteiger partial charge on any atom is 0.214 e. The van der Waals surface area contributed by atoms with Crippen LogP contribution >= 0.6 is 11.3 Å². The summed E-state index contributed by atoms with van der Waals surface area (Å²) in [6, 6.07) is 2.04. The maximum atomic E-state index is 11.7. The molecule has 0 aromatic carbocycles. The zero-order valence-electron chi connectivity index (χ0n) is 10.2. The van der Waals surface area contributed by atoms with Crippen LogP contribution in [0.5, 0.6) is 0 Å². The summed E-state index contributed by atoms with van der Waals surface area (Å²) in [4.78, 5) is 0. The molecule has 2 rings (SSSR count). The summed E-state index contributed by atoms with van der Waals surface area (Å²) in [5.74, 6) is 0.239. The third-order valence-corrected chi connectivity index (χ3v) is 5.91. The Morgan fingerprint density at radius 1 is 1.44 bits per heavy atom. The minimum absolute atomic E-state index is 0.135. The van der Waals surface area contributed by atoms with E-state index in [1.165, 1.54) is 5.56 Å². The Hall–Kier alpha value is -0.430. The third-order valence-electron chi connectivity index (χ3n) is 3.25. The summed E-state index contributed by atoms with van der Waals surface area (Å²) in [6.07, 6.45) is 3.00. The highest BCUT2D eigenvalue weighted by Crippen LogP contribution is 2.28. The second kappa shape index (κ2) is 6.14. The summed E-state index contributed by atoms with van der Waals surface area (Å²) >= 11 is 1.63. The minimum atomic E-state index is -3.08. The van der Waals surface area contributed by atoms with Crippen molar-refractivity contribution in [1.82, 2.24) is 4.72 Å². The SMILES string of the molecule is O=S(=O)(NCCC(CCO)c1ccsc1)C1CC1. The molecule has 0 amide bonds. The third kappa shape index (κ3) is 3.78. The van der Waals surface area contributed by atoms with E-state index < -0.39 is 10.0 Å². The molecule has 2 N–H and O–H groups in total. The van der Waals surface area contributed by atoms with Crippen molar-refractivity contribution in [3.63, 3.8) is 0 Å². The van der Waals surface area contributed by atoms with Crippen molar-refractivity contribution in [2.45, 2.75) is 36.9 Å². The standard InChI is InChI=1S/C12H19NO3S2/c14-7-4-10(11-5-8-17-9-11)3-6-13-18(15,16)12-1-2-12/h5,8-10,12-14H,1-4,6-7H2. The minimum Gasteiger partial charge on any atom is -0.396 e. The molecule has 0 aliphatic heterocycles. The highest BCUT2D eigenvalue weighted by Gasteiger charge is 2.35. The predicted octanol–water partition coefficient (Wildman–Crippen LogP) is 1.69. The second-order valence-corrected chi connectivity index (χ2v) is 7.52. The first kappa shape index (κ1) is 14.0. The number of aliphatic hydroxyl groups excluding tert-OH is 1. The van der Waals surface area contributed by atoms with Gasteiger partial charge in [-0.2, -0.15) is 11.3 Å². The lowest BCUT2D eigenvalue weighted by atomic mass is 9.95. The lowest BCUT2D eigenvalue weighted by Crippen LogP contribution is -2.29. The molecule has 1 fully saturated rings. The Kier molecular flexibility index (Phi) is 4.77. The van der Waals surface area contributed by atoms with Crippen LogP contribution in [-0.2, 0) is 10.0 Å². The highest BCUT2D eigenvalue weighted by molar-refractivity contribution is 7.90. The molecule has 0 spiro atoms. The summed E-state index contributed by atoms with van der Waals surface area (Å²) < 4.78 is 26.0. The number of aliphatic hydroxyl groups is 1. The first-order chi connectivity index (χ1) is 8.63. The van der Waals surface area contributed by atoms with E-state index >= 15 is 0 Å². The fraction of sp³-hybridized carbons (Fsp3) is 0.667. The molecule has 18 heavy (non-hydrogen) atoms. The molecule has 102 valence electrons. The van der Waals surface area contributed by atoms with E-state index in [1.54, 1.807) is 11.3 Å². The largest absolute Gasteiger partial charge is 0.396 e. The van der Waals surface area contributed by atoms with Crippen LogP contribution in [0.3, 0.4) is 0 Å². The summed E-state index contributed by atoms with van der Waals surface area (Å²) in [5, 5.41) is 13.0. The van der Waals surface area contributed by atoms with Gasteiger partial charge in [0, 0.05) is 13.2 Å². The number of thiophene rings is 1. The molecule has 0 radical (unpaired) electrons. The van der Waals surface area contributed by atoms with Gasteiger partial charge in [-0.1, -0.05) is 0 Å². The van der Waals surface area contributed by atoms with Crippen molar-refractivity contribution in [2.24, 2.45) is 0 Å². The smallest absolute Gasteiger partial charge is 0.214 e. The Balaban J connectivity index is 1.83. The van der Waals surface area contributed by atoms with Gasteiger partial charge in [-0.15, -0.1) is 0 Å². The van der Waals surface area contributed by atoms with E-state index in [4.69, 9.17) is 5.11 Å². The molecule has 1 heterocycles. The van der Waals surface area contributed by atoms with Crippen LogP contribution in [0.4, 0.5) is 0 Å². The summed E-state index contributed by atoms with van der Waals surface area (Å²) in [6.45, 7) is 0.592.